The van der Waals surface area contributed by atoms with Crippen molar-refractivity contribution in [3.8, 4) is 11.8 Å². The number of thiophene rings is 1. The number of likely N-dealkylation sites (tertiary alicyclic amines) is 1. The molecule has 0 radical (unpaired) electrons. The van der Waals surface area contributed by atoms with Crippen molar-refractivity contribution in [2.45, 2.75) is 19.4 Å². The number of carbonyl (C=O) groups is 1. The Labute approximate surface area is 169 Å². The van der Waals surface area contributed by atoms with Crippen LogP contribution < -0.4 is 10.9 Å². The lowest BCUT2D eigenvalue weighted by Crippen LogP contribution is -2.24. The summed E-state index contributed by atoms with van der Waals surface area (Å²) in [5.74, 6) is 4.48. The number of amides is 1. The van der Waals surface area contributed by atoms with Gasteiger partial charge in [-0.1, -0.05) is 23.4 Å². The van der Waals surface area contributed by atoms with Gasteiger partial charge in [0.1, 0.15) is 6.67 Å². The minimum Gasteiger partial charge on any atom is -0.320 e. The van der Waals surface area contributed by atoms with Crippen LogP contribution in [-0.4, -0.2) is 41.7 Å². The van der Waals surface area contributed by atoms with Gasteiger partial charge in [-0.25, -0.2) is 8.78 Å². The largest absolute Gasteiger partial charge is 0.320 e. The number of nitrogens with zero attached hydrogens (tertiary/aromatic N) is 2. The van der Waals surface area contributed by atoms with E-state index in [1.807, 2.05) is 0 Å². The normalized spacial score (nSPS) is 14.0. The van der Waals surface area contributed by atoms with Gasteiger partial charge in [0.15, 0.2) is 5.82 Å². The number of aryl methyl sites for hydroxylation is 1. The number of alkyl halides is 1. The highest BCUT2D eigenvalue weighted by molar-refractivity contribution is 7.15. The molecule has 28 heavy (non-hydrogen) atoms. The number of hydrogen-bond donors (Lipinski definition) is 1. The summed E-state index contributed by atoms with van der Waals surface area (Å²) in [6.07, 6.45) is 3.57. The molecule has 3 rings (SSSR count). The summed E-state index contributed by atoms with van der Waals surface area (Å²) in [4.78, 5) is 27.2. The first-order valence-corrected chi connectivity index (χ1v) is 9.95. The summed E-state index contributed by atoms with van der Waals surface area (Å²) in [6.45, 7) is 1.63. The van der Waals surface area contributed by atoms with Gasteiger partial charge in [-0.3, -0.25) is 14.5 Å². The van der Waals surface area contributed by atoms with Crippen molar-refractivity contribution in [2.75, 3.05) is 31.6 Å². The molecule has 0 aromatic carbocycles. The first-order valence-electron chi connectivity index (χ1n) is 8.76. The molecule has 1 N–H and O–H groups in total. The van der Waals surface area contributed by atoms with Crippen LogP contribution >= 0.6 is 22.9 Å². The molecule has 0 unspecified atom stereocenters. The number of carbonyl (C=O) groups excluding carboxylic acids is 1. The predicted octanol–water partition coefficient (Wildman–Crippen LogP) is 3.37. The van der Waals surface area contributed by atoms with Crippen LogP contribution in [0.5, 0.6) is 0 Å². The maximum absolute atomic E-state index is 13.7. The lowest BCUT2D eigenvalue weighted by Gasteiger charge is -2.08. The van der Waals surface area contributed by atoms with Gasteiger partial charge < -0.3 is 9.88 Å². The average Bonchev–Trinajstić information content (AvgIpc) is 3.30. The number of anilines is 1. The smallest absolute Gasteiger partial charge is 0.286 e. The summed E-state index contributed by atoms with van der Waals surface area (Å²) in [5.41, 5.74) is -0.882. The van der Waals surface area contributed by atoms with Crippen LogP contribution in [0.1, 0.15) is 27.4 Å². The van der Waals surface area contributed by atoms with Gasteiger partial charge in [-0.2, -0.15) is 0 Å². The zero-order valence-electron chi connectivity index (χ0n) is 14.9. The molecule has 1 aliphatic rings. The number of hydrogen-bond acceptors (Lipinski definition) is 4. The molecule has 2 aromatic heterocycles. The van der Waals surface area contributed by atoms with Gasteiger partial charge in [-0.15, -0.1) is 11.3 Å². The Hall–Kier alpha value is -2.21. The van der Waals surface area contributed by atoms with E-state index in [0.29, 0.717) is 21.3 Å². The van der Waals surface area contributed by atoms with Crippen LogP contribution in [-0.2, 0) is 6.54 Å². The zero-order chi connectivity index (χ0) is 20.1. The van der Waals surface area contributed by atoms with E-state index >= 15 is 0 Å². The fraction of sp³-hybridized carbons (Fsp3) is 0.368. The van der Waals surface area contributed by atoms with Crippen LogP contribution in [0.25, 0.3) is 0 Å². The highest BCUT2D eigenvalue weighted by Gasteiger charge is 2.15. The van der Waals surface area contributed by atoms with Crippen molar-refractivity contribution < 1.29 is 13.6 Å². The summed E-state index contributed by atoms with van der Waals surface area (Å²) in [5, 5.41) is 2.87. The minimum atomic E-state index is -1.07. The fourth-order valence-electron chi connectivity index (χ4n) is 2.86. The standard InChI is InChI=1S/C19H18ClF2N3O2S/c20-14-11-17(28-16(14)4-3-8-24-6-1-2-7-24)18(26)23-13-10-15(22)19(27)25(12-13)9-5-21/h10-12H,1-2,5-9H2,(H,23,26). The van der Waals surface area contributed by atoms with E-state index in [9.17, 15) is 18.4 Å². The first-order chi connectivity index (χ1) is 13.5. The Morgan fingerprint density at radius 1 is 1.32 bits per heavy atom. The minimum absolute atomic E-state index is 0.0572. The summed E-state index contributed by atoms with van der Waals surface area (Å²) < 4.78 is 27.1. The van der Waals surface area contributed by atoms with E-state index in [2.05, 4.69) is 22.1 Å². The van der Waals surface area contributed by atoms with Crippen molar-refractivity contribution in [3.63, 3.8) is 0 Å². The number of nitrogens with one attached hydrogen (secondary N) is 1. The number of aromatic nitrogens is 1. The molecule has 5 nitrogen and oxygen atoms in total. The second-order valence-corrected chi connectivity index (χ2v) is 7.75. The zero-order valence-corrected chi connectivity index (χ0v) is 16.5. The predicted molar refractivity (Wildman–Crippen MR) is 106 cm³/mol. The Bertz CT molecular complexity index is 987. The lowest BCUT2D eigenvalue weighted by molar-refractivity contribution is 0.103. The summed E-state index contributed by atoms with van der Waals surface area (Å²) >= 11 is 7.30. The molecule has 0 atom stereocenters. The third-order valence-electron chi connectivity index (χ3n) is 4.24. The molecule has 2 aromatic rings. The maximum atomic E-state index is 13.7. The van der Waals surface area contributed by atoms with Crippen LogP contribution in [0, 0.1) is 17.7 Å². The SMILES string of the molecule is O=C(Nc1cc(F)c(=O)n(CCF)c1)c1cc(Cl)c(C#CCN2CCCC2)s1. The summed E-state index contributed by atoms with van der Waals surface area (Å²) in [6, 6.07) is 2.40. The van der Waals surface area contributed by atoms with E-state index in [4.69, 9.17) is 11.6 Å². The van der Waals surface area contributed by atoms with Gasteiger partial charge in [0.2, 0.25) is 0 Å². The Morgan fingerprint density at radius 2 is 2.07 bits per heavy atom. The molecule has 0 aliphatic carbocycles. The van der Waals surface area contributed by atoms with Gasteiger partial charge >= 0.3 is 0 Å². The Morgan fingerprint density at radius 3 is 2.79 bits per heavy atom. The molecular formula is C19H18ClF2N3O2S. The molecular weight excluding hydrogens is 408 g/mol. The van der Waals surface area contributed by atoms with Crippen LogP contribution in [0.2, 0.25) is 5.02 Å². The molecule has 0 saturated carbocycles. The van der Waals surface area contributed by atoms with Crippen LogP contribution in [0.15, 0.2) is 23.1 Å². The van der Waals surface area contributed by atoms with Crippen molar-refractivity contribution in [1.82, 2.24) is 9.47 Å². The van der Waals surface area contributed by atoms with Gasteiger partial charge in [0.25, 0.3) is 11.5 Å². The number of pyridine rings is 1. The van der Waals surface area contributed by atoms with Crippen LogP contribution in [0.4, 0.5) is 14.5 Å². The molecule has 0 bridgehead atoms. The Kier molecular flexibility index (Phi) is 6.83. The highest BCUT2D eigenvalue weighted by Crippen LogP contribution is 2.27. The molecule has 0 spiro atoms. The highest BCUT2D eigenvalue weighted by atomic mass is 35.5. The topological polar surface area (TPSA) is 54.3 Å². The third kappa shape index (κ3) is 4.98. The summed E-state index contributed by atoms with van der Waals surface area (Å²) in [7, 11) is 0. The number of rotatable bonds is 5. The molecule has 1 saturated heterocycles. The molecule has 9 heteroatoms. The molecule has 1 fully saturated rings. The van der Waals surface area contributed by atoms with Crippen molar-refractivity contribution >= 4 is 34.5 Å². The number of halogens is 3. The maximum Gasteiger partial charge on any atom is 0.286 e. The Balaban J connectivity index is 1.71. The van der Waals surface area contributed by atoms with Crippen LogP contribution in [0.3, 0.4) is 0 Å². The van der Waals surface area contributed by atoms with Gasteiger partial charge in [-0.05, 0) is 32.0 Å². The van der Waals surface area contributed by atoms with Crippen molar-refractivity contribution in [1.29, 1.82) is 0 Å². The van der Waals surface area contributed by atoms with Gasteiger partial charge in [0, 0.05) is 12.3 Å². The van der Waals surface area contributed by atoms with Gasteiger partial charge in [0.05, 0.1) is 33.6 Å². The second-order valence-electron chi connectivity index (χ2n) is 6.29. The fourth-order valence-corrected chi connectivity index (χ4v) is 4.01. The molecule has 148 valence electrons. The third-order valence-corrected chi connectivity index (χ3v) is 5.70. The van der Waals surface area contributed by atoms with E-state index in [1.165, 1.54) is 25.1 Å². The monoisotopic (exact) mass is 425 g/mol. The van der Waals surface area contributed by atoms with Crippen molar-refractivity contribution in [3.05, 3.63) is 49.3 Å². The van der Waals surface area contributed by atoms with E-state index in [0.717, 1.165) is 35.1 Å². The van der Waals surface area contributed by atoms with Crippen molar-refractivity contribution in [2.24, 2.45) is 0 Å². The first kappa shape index (κ1) is 20.5. The quantitative estimate of drug-likeness (QED) is 0.747. The van der Waals surface area contributed by atoms with E-state index in [-0.39, 0.29) is 12.2 Å². The molecule has 3 heterocycles. The lowest BCUT2D eigenvalue weighted by atomic mass is 10.3. The molecule has 1 aliphatic heterocycles. The van der Waals surface area contributed by atoms with E-state index < -0.39 is 24.0 Å². The van der Waals surface area contributed by atoms with E-state index in [1.54, 1.807) is 0 Å². The molecule has 1 amide bonds. The second kappa shape index (κ2) is 9.32. The average molecular weight is 426 g/mol.